The largest absolute Gasteiger partial charge is 0.462 e. The molecule has 346 valence electrons. The summed E-state index contributed by atoms with van der Waals surface area (Å²) < 4.78 is 5.89. The Morgan fingerprint density at radius 1 is 0.492 bits per heavy atom. The molecule has 61 heavy (non-hydrogen) atoms. The Labute approximate surface area is 375 Å². The lowest BCUT2D eigenvalue weighted by Crippen LogP contribution is -2.46. The first kappa shape index (κ1) is 57.5. The van der Waals surface area contributed by atoms with Crippen molar-refractivity contribution in [3.63, 3.8) is 0 Å². The van der Waals surface area contributed by atoms with Gasteiger partial charge in [-0.15, -0.1) is 0 Å². The van der Waals surface area contributed by atoms with Gasteiger partial charge in [-0.2, -0.15) is 0 Å². The molecule has 0 radical (unpaired) electrons. The lowest BCUT2D eigenvalue weighted by atomic mass is 10.0. The number of nitrogens with one attached hydrogen (secondary N) is 1. The second kappa shape index (κ2) is 47.6. The van der Waals surface area contributed by atoms with Gasteiger partial charge in [0, 0.05) is 6.42 Å². The number of hydrogen-bond donors (Lipinski definition) is 3. The molecule has 0 aromatic carbocycles. The molecule has 0 aliphatic rings. The van der Waals surface area contributed by atoms with Gasteiger partial charge in [-0.25, -0.2) is 0 Å². The monoisotopic (exact) mass is 846 g/mol. The number of allylic oxidation sites excluding steroid dienone is 18. The summed E-state index contributed by atoms with van der Waals surface area (Å²) >= 11 is 0. The first-order valence-electron chi connectivity index (χ1n) is 24.7. The van der Waals surface area contributed by atoms with Crippen molar-refractivity contribution in [3.8, 4) is 0 Å². The van der Waals surface area contributed by atoms with Crippen LogP contribution in [-0.4, -0.2) is 46.9 Å². The molecule has 0 aliphatic carbocycles. The number of hydrogen-bond acceptors (Lipinski definition) is 5. The normalized spacial score (nSPS) is 14.2. The minimum atomic E-state index is -0.811. The number of esters is 1. The molecule has 0 spiro atoms. The van der Waals surface area contributed by atoms with Gasteiger partial charge in [0.25, 0.3) is 0 Å². The van der Waals surface area contributed by atoms with Crippen LogP contribution in [0.1, 0.15) is 201 Å². The molecule has 6 heteroatoms. The third-order valence-corrected chi connectivity index (χ3v) is 10.6. The Balaban J connectivity index is 4.80. The first-order valence-corrected chi connectivity index (χ1v) is 24.7. The van der Waals surface area contributed by atoms with E-state index in [4.69, 9.17) is 4.74 Å². The number of carbonyl (C=O) groups excluding carboxylic acids is 2. The Hall–Kier alpha value is -3.48. The number of aliphatic hydroxyl groups excluding tert-OH is 2. The first-order chi connectivity index (χ1) is 30.0. The predicted octanol–water partition coefficient (Wildman–Crippen LogP) is 14.7. The summed E-state index contributed by atoms with van der Waals surface area (Å²) in [5, 5.41) is 23.6. The molecular weight excluding hydrogens is 755 g/mol. The molecule has 0 saturated carbocycles. The number of aliphatic hydroxyl groups is 2. The van der Waals surface area contributed by atoms with Crippen molar-refractivity contribution < 1.29 is 24.5 Å². The summed E-state index contributed by atoms with van der Waals surface area (Å²) in [6.45, 7) is 6.26. The third kappa shape index (κ3) is 43.0. The zero-order valence-electron chi connectivity index (χ0n) is 39.2. The smallest absolute Gasteiger partial charge is 0.306 e. The van der Waals surface area contributed by atoms with Gasteiger partial charge in [0.15, 0.2) is 0 Å². The maximum absolute atomic E-state index is 13.2. The lowest BCUT2D eigenvalue weighted by Gasteiger charge is -2.24. The van der Waals surface area contributed by atoms with Crippen LogP contribution in [0.2, 0.25) is 0 Å². The van der Waals surface area contributed by atoms with E-state index < -0.39 is 18.2 Å². The number of rotatable bonds is 42. The van der Waals surface area contributed by atoms with Crippen molar-refractivity contribution in [1.29, 1.82) is 0 Å². The van der Waals surface area contributed by atoms with Crippen LogP contribution < -0.4 is 5.32 Å². The average Bonchev–Trinajstić information content (AvgIpc) is 3.25. The number of amides is 1. The molecule has 0 aromatic rings. The second-order valence-corrected chi connectivity index (χ2v) is 16.3. The van der Waals surface area contributed by atoms with E-state index in [0.717, 1.165) is 83.5 Å². The summed E-state index contributed by atoms with van der Waals surface area (Å²) in [4.78, 5) is 26.1. The van der Waals surface area contributed by atoms with E-state index in [1.54, 1.807) is 0 Å². The molecule has 3 unspecified atom stereocenters. The maximum atomic E-state index is 13.2. The van der Waals surface area contributed by atoms with Crippen LogP contribution in [-0.2, 0) is 14.3 Å². The molecule has 0 bridgehead atoms. The Morgan fingerprint density at radius 3 is 1.36 bits per heavy atom. The quantitative estimate of drug-likeness (QED) is 0.0323. The summed E-state index contributed by atoms with van der Waals surface area (Å²) in [6.07, 6.45) is 64.3. The van der Waals surface area contributed by atoms with E-state index in [-0.39, 0.29) is 24.9 Å². The molecule has 0 aliphatic heterocycles. The molecule has 0 saturated heterocycles. The Bertz CT molecular complexity index is 1270. The highest BCUT2D eigenvalue weighted by atomic mass is 16.5. The highest BCUT2D eigenvalue weighted by Gasteiger charge is 2.24. The SMILES string of the molecule is CC\C=C/C=C/C=C/C=C\C=C\C=C\CCCCCC(=O)OC(CCCCC/C=C/C=C/C=C/CCCCCCC)CC(=O)NC(CO)C(O)CCCCCCCCCCC. The van der Waals surface area contributed by atoms with Crippen LogP contribution in [0.5, 0.6) is 0 Å². The minimum Gasteiger partial charge on any atom is -0.462 e. The van der Waals surface area contributed by atoms with Gasteiger partial charge < -0.3 is 20.3 Å². The van der Waals surface area contributed by atoms with E-state index in [1.807, 2.05) is 54.7 Å². The highest BCUT2D eigenvalue weighted by molar-refractivity contribution is 5.77. The molecule has 3 atom stereocenters. The topological polar surface area (TPSA) is 95.9 Å². The number of unbranched alkanes of at least 4 members (excludes halogenated alkanes) is 19. The Kier molecular flexibility index (Phi) is 44.9. The summed E-state index contributed by atoms with van der Waals surface area (Å²) in [5.74, 6) is -0.571. The molecule has 0 rings (SSSR count). The zero-order valence-corrected chi connectivity index (χ0v) is 39.2. The van der Waals surface area contributed by atoms with E-state index >= 15 is 0 Å². The molecule has 0 heterocycles. The molecule has 1 amide bonds. The third-order valence-electron chi connectivity index (χ3n) is 10.6. The van der Waals surface area contributed by atoms with Gasteiger partial charge in [-0.3, -0.25) is 9.59 Å². The van der Waals surface area contributed by atoms with E-state index in [2.05, 4.69) is 80.8 Å². The van der Waals surface area contributed by atoms with E-state index in [9.17, 15) is 19.8 Å². The van der Waals surface area contributed by atoms with Crippen LogP contribution in [0.3, 0.4) is 0 Å². The van der Waals surface area contributed by atoms with Crippen molar-refractivity contribution in [2.24, 2.45) is 0 Å². The summed E-state index contributed by atoms with van der Waals surface area (Å²) in [6, 6.07) is -0.728. The van der Waals surface area contributed by atoms with Gasteiger partial charge in [-0.05, 0) is 70.6 Å². The fourth-order valence-electron chi connectivity index (χ4n) is 6.81. The van der Waals surface area contributed by atoms with Crippen LogP contribution in [0.4, 0.5) is 0 Å². The fraction of sp³-hybridized carbons (Fsp3) is 0.636. The van der Waals surface area contributed by atoms with Crippen LogP contribution in [0, 0.1) is 0 Å². The molecule has 0 fully saturated rings. The zero-order chi connectivity index (χ0) is 44.5. The summed E-state index contributed by atoms with van der Waals surface area (Å²) in [7, 11) is 0. The van der Waals surface area contributed by atoms with E-state index in [0.29, 0.717) is 19.3 Å². The number of carbonyl (C=O) groups is 2. The molecular formula is C55H91NO5. The fourth-order valence-corrected chi connectivity index (χ4v) is 6.81. The maximum Gasteiger partial charge on any atom is 0.306 e. The van der Waals surface area contributed by atoms with Crippen molar-refractivity contribution >= 4 is 11.9 Å². The average molecular weight is 846 g/mol. The van der Waals surface area contributed by atoms with Gasteiger partial charge >= 0.3 is 5.97 Å². The second-order valence-electron chi connectivity index (χ2n) is 16.3. The van der Waals surface area contributed by atoms with Gasteiger partial charge in [-0.1, -0.05) is 226 Å². The van der Waals surface area contributed by atoms with E-state index in [1.165, 1.54) is 70.6 Å². The number of ether oxygens (including phenoxy) is 1. The molecule has 3 N–H and O–H groups in total. The van der Waals surface area contributed by atoms with Gasteiger partial charge in [0.05, 0.1) is 25.2 Å². The standard InChI is InChI=1S/C55H91NO5/c1-4-7-10-13-16-19-21-23-25-27-29-31-33-36-39-42-45-48-55(60)61-51(46-43-40-37-35-32-30-28-26-24-22-20-17-14-11-8-5-2)49-54(59)56-52(50-57)53(58)47-44-41-38-34-18-15-12-9-6-3/h7,10,13,16,19,21-33,51-53,57-58H,4-6,8-9,11-12,14-15,17-18,20,34-50H2,1-3H3,(H,56,59)/b10-7-,16-13+,21-19+,24-22+,25-23-,28-26+,29-27+,32-30+,33-31+. The van der Waals surface area contributed by atoms with Crippen LogP contribution in [0.25, 0.3) is 0 Å². The van der Waals surface area contributed by atoms with Crippen molar-refractivity contribution in [1.82, 2.24) is 5.32 Å². The highest BCUT2D eigenvalue weighted by Crippen LogP contribution is 2.16. The van der Waals surface area contributed by atoms with Crippen LogP contribution >= 0.6 is 0 Å². The molecule has 6 nitrogen and oxygen atoms in total. The predicted molar refractivity (Wildman–Crippen MR) is 263 cm³/mol. The van der Waals surface area contributed by atoms with Crippen molar-refractivity contribution in [2.45, 2.75) is 219 Å². The Morgan fingerprint density at radius 2 is 0.885 bits per heavy atom. The van der Waals surface area contributed by atoms with Crippen molar-refractivity contribution in [3.05, 3.63) is 109 Å². The minimum absolute atomic E-state index is 0.0292. The van der Waals surface area contributed by atoms with Gasteiger partial charge in [0.2, 0.25) is 5.91 Å². The van der Waals surface area contributed by atoms with Gasteiger partial charge in [0.1, 0.15) is 6.10 Å². The molecule has 0 aromatic heterocycles. The van der Waals surface area contributed by atoms with Crippen molar-refractivity contribution in [2.75, 3.05) is 6.61 Å². The summed E-state index contributed by atoms with van der Waals surface area (Å²) in [5.41, 5.74) is 0. The van der Waals surface area contributed by atoms with Crippen LogP contribution in [0.15, 0.2) is 109 Å². The lowest BCUT2D eigenvalue weighted by molar-refractivity contribution is -0.151.